The molecular formula is C34H49FO6. The molecule has 0 aliphatic heterocycles. The highest BCUT2D eigenvalue weighted by molar-refractivity contribution is 5.88. The van der Waals surface area contributed by atoms with Crippen LogP contribution in [0.25, 0.3) is 0 Å². The molecule has 6 nitrogen and oxygen atoms in total. The van der Waals surface area contributed by atoms with Crippen molar-refractivity contribution in [2.24, 2.45) is 29.6 Å². The summed E-state index contributed by atoms with van der Waals surface area (Å²) in [7, 11) is 0. The number of aliphatic hydroxyl groups is 2. The molecule has 0 amide bonds. The fourth-order valence-electron chi connectivity index (χ4n) is 6.49. The Bertz CT molecular complexity index is 984. The summed E-state index contributed by atoms with van der Waals surface area (Å²) in [5.74, 6) is -0.209. The molecule has 41 heavy (non-hydrogen) atoms. The molecule has 0 bridgehead atoms. The van der Waals surface area contributed by atoms with E-state index in [9.17, 15) is 9.59 Å². The normalized spacial score (nSPS) is 24.7. The lowest BCUT2D eigenvalue weighted by Crippen LogP contribution is -2.26. The molecule has 2 N–H and O–H groups in total. The fraction of sp³-hybridized carbons (Fsp3) is 0.647. The van der Waals surface area contributed by atoms with Gasteiger partial charge in [0.25, 0.3) is 0 Å². The van der Waals surface area contributed by atoms with Gasteiger partial charge in [0, 0.05) is 12.3 Å². The molecule has 0 spiro atoms. The van der Waals surface area contributed by atoms with Crippen LogP contribution in [0.3, 0.4) is 0 Å². The zero-order valence-corrected chi connectivity index (χ0v) is 24.8. The van der Waals surface area contributed by atoms with Gasteiger partial charge in [-0.05, 0) is 55.4 Å². The van der Waals surface area contributed by atoms with Crippen LogP contribution in [0.4, 0.5) is 4.39 Å². The van der Waals surface area contributed by atoms with Crippen LogP contribution in [0.15, 0.2) is 59.5 Å². The number of hydrogen-bond acceptors (Lipinski definition) is 6. The van der Waals surface area contributed by atoms with Gasteiger partial charge in [-0.25, -0.2) is 14.0 Å². The van der Waals surface area contributed by atoms with Gasteiger partial charge in [0.15, 0.2) is 0 Å². The lowest BCUT2D eigenvalue weighted by atomic mass is 9.69. The van der Waals surface area contributed by atoms with Crippen LogP contribution in [0.5, 0.6) is 0 Å². The number of carbonyl (C=O) groups excluding carboxylic acids is 2. The van der Waals surface area contributed by atoms with E-state index in [1.165, 1.54) is 56.9 Å². The van der Waals surface area contributed by atoms with E-state index >= 15 is 4.39 Å². The summed E-state index contributed by atoms with van der Waals surface area (Å²) >= 11 is 0. The van der Waals surface area contributed by atoms with Crippen LogP contribution in [0.2, 0.25) is 0 Å². The average Bonchev–Trinajstić information content (AvgIpc) is 3.00. The maximum atomic E-state index is 15.5. The Labute approximate surface area is 245 Å². The second kappa shape index (κ2) is 16.8. The highest BCUT2D eigenvalue weighted by Crippen LogP contribution is 2.43. The Hall–Kier alpha value is -2.51. The Morgan fingerprint density at radius 2 is 1.61 bits per heavy atom. The number of halogens is 1. The molecule has 0 saturated heterocycles. The molecule has 1 saturated carbocycles. The first-order valence-corrected chi connectivity index (χ1v) is 15.4. The smallest absolute Gasteiger partial charge is 0.335 e. The molecular weight excluding hydrogens is 523 g/mol. The zero-order chi connectivity index (χ0) is 29.8. The molecule has 1 fully saturated rings. The first kappa shape index (κ1) is 33.0. The molecule has 0 heterocycles. The standard InChI is InChI=1S/C34H49FO6/c1-4-5-6-7-25-8-10-26(11-9-25)27-12-14-28(15-13-27)29-16-17-31(32(35)18-29)30(21-40-33(38)23(2)19-36)22-41-34(39)24(3)20-37/h14,16-17,25-27,29-30,36-37H,2-13,15,18-22H2,1H3. The van der Waals surface area contributed by atoms with Crippen molar-refractivity contribution in [3.8, 4) is 0 Å². The van der Waals surface area contributed by atoms with Crippen molar-refractivity contribution in [1.82, 2.24) is 0 Å². The lowest BCUT2D eigenvalue weighted by molar-refractivity contribution is -0.143. The van der Waals surface area contributed by atoms with E-state index in [1.54, 1.807) is 6.08 Å². The first-order valence-electron chi connectivity index (χ1n) is 15.4. The van der Waals surface area contributed by atoms with Crippen molar-refractivity contribution in [3.63, 3.8) is 0 Å². The van der Waals surface area contributed by atoms with Gasteiger partial charge in [0.05, 0.1) is 30.3 Å². The van der Waals surface area contributed by atoms with Gasteiger partial charge in [0.2, 0.25) is 0 Å². The third-order valence-corrected chi connectivity index (χ3v) is 9.19. The molecule has 0 aromatic rings. The van der Waals surface area contributed by atoms with E-state index in [0.29, 0.717) is 5.57 Å². The lowest BCUT2D eigenvalue weighted by Gasteiger charge is -2.36. The second-order valence-corrected chi connectivity index (χ2v) is 12.0. The van der Waals surface area contributed by atoms with Crippen LogP contribution < -0.4 is 0 Å². The maximum absolute atomic E-state index is 15.5. The number of esters is 2. The van der Waals surface area contributed by atoms with Crippen LogP contribution in [-0.2, 0) is 19.1 Å². The quantitative estimate of drug-likeness (QED) is 0.0982. The highest BCUT2D eigenvalue weighted by Gasteiger charge is 2.31. The number of rotatable bonds is 15. The monoisotopic (exact) mass is 572 g/mol. The molecule has 7 heteroatoms. The van der Waals surface area contributed by atoms with E-state index in [4.69, 9.17) is 19.7 Å². The van der Waals surface area contributed by atoms with E-state index in [0.717, 1.165) is 37.0 Å². The molecule has 228 valence electrons. The number of allylic oxidation sites excluding steroid dienone is 5. The molecule has 3 rings (SSSR count). The Balaban J connectivity index is 1.57. The van der Waals surface area contributed by atoms with Gasteiger partial charge in [0.1, 0.15) is 19.0 Å². The van der Waals surface area contributed by atoms with Crippen molar-refractivity contribution in [3.05, 3.63) is 59.5 Å². The summed E-state index contributed by atoms with van der Waals surface area (Å²) in [6.07, 6.45) is 20.4. The highest BCUT2D eigenvalue weighted by atomic mass is 19.1. The van der Waals surface area contributed by atoms with E-state index < -0.39 is 31.1 Å². The van der Waals surface area contributed by atoms with E-state index in [1.807, 2.05) is 6.08 Å². The summed E-state index contributed by atoms with van der Waals surface area (Å²) in [5.41, 5.74) is 1.36. The fourth-order valence-corrected chi connectivity index (χ4v) is 6.49. The minimum Gasteiger partial charge on any atom is -0.461 e. The minimum absolute atomic E-state index is 0.0110. The van der Waals surface area contributed by atoms with Gasteiger partial charge in [-0.15, -0.1) is 0 Å². The zero-order valence-electron chi connectivity index (χ0n) is 24.8. The van der Waals surface area contributed by atoms with Gasteiger partial charge >= 0.3 is 11.9 Å². The summed E-state index contributed by atoms with van der Waals surface area (Å²) in [5, 5.41) is 18.3. The van der Waals surface area contributed by atoms with Gasteiger partial charge in [-0.3, -0.25) is 0 Å². The SMILES string of the molecule is C=C(CO)C(=O)OCC(COC(=O)C(=C)CO)C1=C(F)CC(C2=CCC(C3CCC(CCCCC)CC3)CC2)C=C1. The number of unbranched alkanes of at least 4 members (excludes halogenated alkanes) is 2. The van der Waals surface area contributed by atoms with Gasteiger partial charge < -0.3 is 19.7 Å². The molecule has 2 atom stereocenters. The maximum Gasteiger partial charge on any atom is 0.335 e. The second-order valence-electron chi connectivity index (χ2n) is 12.0. The molecule has 2 unspecified atom stereocenters. The Morgan fingerprint density at radius 1 is 0.976 bits per heavy atom. The molecule has 0 radical (unpaired) electrons. The van der Waals surface area contributed by atoms with Crippen molar-refractivity contribution < 1.29 is 33.7 Å². The Kier molecular flexibility index (Phi) is 13.5. The minimum atomic E-state index is -0.797. The van der Waals surface area contributed by atoms with Crippen molar-refractivity contribution in [2.75, 3.05) is 26.4 Å². The summed E-state index contributed by atoms with van der Waals surface area (Å²) in [6.45, 7) is 7.55. The van der Waals surface area contributed by atoms with Crippen molar-refractivity contribution >= 4 is 11.9 Å². The predicted molar refractivity (Wildman–Crippen MR) is 158 cm³/mol. The average molecular weight is 573 g/mol. The molecule has 3 aliphatic rings. The summed E-state index contributed by atoms with van der Waals surface area (Å²) < 4.78 is 25.9. The third-order valence-electron chi connectivity index (χ3n) is 9.19. The van der Waals surface area contributed by atoms with Crippen LogP contribution in [0.1, 0.15) is 84.0 Å². The van der Waals surface area contributed by atoms with E-state index in [2.05, 4.69) is 26.2 Å². The topological polar surface area (TPSA) is 93.1 Å². The number of hydrogen-bond donors (Lipinski definition) is 2. The van der Waals surface area contributed by atoms with Gasteiger partial charge in [-0.1, -0.05) is 82.4 Å². The van der Waals surface area contributed by atoms with Crippen LogP contribution >= 0.6 is 0 Å². The number of carbonyl (C=O) groups is 2. The number of ether oxygens (including phenoxy) is 2. The molecule has 3 aliphatic carbocycles. The van der Waals surface area contributed by atoms with E-state index in [-0.39, 0.29) is 42.5 Å². The predicted octanol–water partition coefficient (Wildman–Crippen LogP) is 6.70. The van der Waals surface area contributed by atoms with Crippen molar-refractivity contribution in [1.29, 1.82) is 0 Å². The molecule has 0 aromatic heterocycles. The van der Waals surface area contributed by atoms with Crippen LogP contribution in [0, 0.1) is 29.6 Å². The molecule has 0 aromatic carbocycles. The number of aliphatic hydroxyl groups excluding tert-OH is 2. The summed E-state index contributed by atoms with van der Waals surface area (Å²) in [4.78, 5) is 24.1. The first-order chi connectivity index (χ1) is 19.8. The summed E-state index contributed by atoms with van der Waals surface area (Å²) in [6, 6.07) is 0. The van der Waals surface area contributed by atoms with Crippen molar-refractivity contribution in [2.45, 2.75) is 84.0 Å². The van der Waals surface area contributed by atoms with Gasteiger partial charge in [-0.2, -0.15) is 0 Å². The Morgan fingerprint density at radius 3 is 2.12 bits per heavy atom. The largest absolute Gasteiger partial charge is 0.461 e. The third kappa shape index (κ3) is 9.78. The van der Waals surface area contributed by atoms with Crippen LogP contribution in [-0.4, -0.2) is 48.6 Å².